The summed E-state index contributed by atoms with van der Waals surface area (Å²) in [6, 6.07) is 1.42. The van der Waals surface area contributed by atoms with Gasteiger partial charge in [0.05, 0.1) is 0 Å². The van der Waals surface area contributed by atoms with Gasteiger partial charge in [-0.05, 0) is 46.6 Å². The van der Waals surface area contributed by atoms with Crippen molar-refractivity contribution < 1.29 is 0 Å². The molecule has 2 saturated heterocycles. The van der Waals surface area contributed by atoms with E-state index in [2.05, 4.69) is 54.2 Å². The van der Waals surface area contributed by atoms with Gasteiger partial charge in [0.15, 0.2) is 0 Å². The topological polar surface area (TPSA) is 13.0 Å². The molecule has 0 saturated carbocycles. The summed E-state index contributed by atoms with van der Waals surface area (Å²) in [5, 5.41) is 0. The minimum atomic E-state index is 0.707. The molecule has 0 aromatic heterocycles. The van der Waals surface area contributed by atoms with Crippen molar-refractivity contribution in [2.24, 2.45) is 5.92 Å². The van der Waals surface area contributed by atoms with E-state index in [0.29, 0.717) is 12.1 Å². The fourth-order valence-corrected chi connectivity index (χ4v) is 3.90. The Bertz CT molecular complexity index is 315. The quantitative estimate of drug-likeness (QED) is 0.711. The standard InChI is InChI=1S/C19H40N4/c1-17(2)22-12-8-20(9-13-22)7-6-19(5)16-21-10-14-23(15-11-21)18(3)4/h17-19H,6-16H2,1-5H3. The zero-order valence-corrected chi connectivity index (χ0v) is 16.3. The van der Waals surface area contributed by atoms with Gasteiger partial charge in [0, 0.05) is 71.0 Å². The molecule has 2 heterocycles. The van der Waals surface area contributed by atoms with Gasteiger partial charge >= 0.3 is 0 Å². The van der Waals surface area contributed by atoms with Gasteiger partial charge in [0.2, 0.25) is 0 Å². The lowest BCUT2D eigenvalue weighted by atomic mass is 10.1. The molecule has 0 aromatic carbocycles. The van der Waals surface area contributed by atoms with Gasteiger partial charge in [0.1, 0.15) is 0 Å². The average Bonchev–Trinajstić information content (AvgIpc) is 2.54. The lowest BCUT2D eigenvalue weighted by molar-refractivity contribution is 0.0870. The Balaban J connectivity index is 1.58. The van der Waals surface area contributed by atoms with Crippen molar-refractivity contribution in [1.29, 1.82) is 0 Å². The van der Waals surface area contributed by atoms with E-state index in [-0.39, 0.29) is 0 Å². The minimum absolute atomic E-state index is 0.707. The molecular formula is C19H40N4. The van der Waals surface area contributed by atoms with Crippen LogP contribution in [0.1, 0.15) is 41.0 Å². The molecule has 0 spiro atoms. The van der Waals surface area contributed by atoms with Crippen molar-refractivity contribution in [1.82, 2.24) is 19.6 Å². The van der Waals surface area contributed by atoms with Crippen LogP contribution in [0.4, 0.5) is 0 Å². The third kappa shape index (κ3) is 6.33. The summed E-state index contributed by atoms with van der Waals surface area (Å²) in [6.07, 6.45) is 1.35. The molecule has 2 fully saturated rings. The van der Waals surface area contributed by atoms with Crippen molar-refractivity contribution in [3.63, 3.8) is 0 Å². The third-order valence-corrected chi connectivity index (χ3v) is 5.78. The van der Waals surface area contributed by atoms with Gasteiger partial charge in [-0.3, -0.25) is 9.80 Å². The fraction of sp³-hybridized carbons (Fsp3) is 1.00. The Morgan fingerprint density at radius 2 is 1.04 bits per heavy atom. The van der Waals surface area contributed by atoms with Crippen LogP contribution in [0.3, 0.4) is 0 Å². The van der Waals surface area contributed by atoms with Gasteiger partial charge < -0.3 is 9.80 Å². The van der Waals surface area contributed by atoms with Crippen LogP contribution >= 0.6 is 0 Å². The molecule has 0 N–H and O–H groups in total. The first-order chi connectivity index (χ1) is 11.0. The van der Waals surface area contributed by atoms with E-state index in [1.165, 1.54) is 71.9 Å². The molecule has 136 valence electrons. The predicted octanol–water partition coefficient (Wildman–Crippen LogP) is 2.06. The maximum absolute atomic E-state index is 2.68. The highest BCUT2D eigenvalue weighted by molar-refractivity contribution is 4.77. The Labute approximate surface area is 144 Å². The Morgan fingerprint density at radius 3 is 1.48 bits per heavy atom. The summed E-state index contributed by atoms with van der Waals surface area (Å²) in [5.41, 5.74) is 0. The summed E-state index contributed by atoms with van der Waals surface area (Å²) in [5.74, 6) is 0.823. The number of nitrogens with zero attached hydrogens (tertiary/aromatic N) is 4. The molecule has 2 rings (SSSR count). The van der Waals surface area contributed by atoms with Crippen LogP contribution in [0.2, 0.25) is 0 Å². The first-order valence-electron chi connectivity index (χ1n) is 9.88. The normalized spacial score (nSPS) is 24.7. The van der Waals surface area contributed by atoms with Gasteiger partial charge in [-0.1, -0.05) is 6.92 Å². The summed E-state index contributed by atoms with van der Waals surface area (Å²) >= 11 is 0. The van der Waals surface area contributed by atoms with Crippen LogP contribution in [0.15, 0.2) is 0 Å². The van der Waals surface area contributed by atoms with E-state index < -0.39 is 0 Å². The van der Waals surface area contributed by atoms with Crippen molar-refractivity contribution >= 4 is 0 Å². The van der Waals surface area contributed by atoms with Gasteiger partial charge in [-0.15, -0.1) is 0 Å². The lowest BCUT2D eigenvalue weighted by Crippen LogP contribution is -2.50. The highest BCUT2D eigenvalue weighted by Gasteiger charge is 2.21. The second-order valence-electron chi connectivity index (χ2n) is 8.30. The molecule has 0 bridgehead atoms. The Hall–Kier alpha value is -0.160. The van der Waals surface area contributed by atoms with E-state index in [4.69, 9.17) is 0 Å². The third-order valence-electron chi connectivity index (χ3n) is 5.78. The molecule has 4 heteroatoms. The summed E-state index contributed by atoms with van der Waals surface area (Å²) < 4.78 is 0. The molecule has 1 unspecified atom stereocenters. The predicted molar refractivity (Wildman–Crippen MR) is 100 cm³/mol. The minimum Gasteiger partial charge on any atom is -0.301 e. The number of hydrogen-bond donors (Lipinski definition) is 0. The van der Waals surface area contributed by atoms with E-state index in [1.807, 2.05) is 0 Å². The first kappa shape index (κ1) is 19.2. The molecule has 0 aliphatic carbocycles. The van der Waals surface area contributed by atoms with Crippen LogP contribution in [0.25, 0.3) is 0 Å². The second kappa shape index (κ2) is 9.36. The van der Waals surface area contributed by atoms with Crippen LogP contribution in [-0.4, -0.2) is 97.1 Å². The van der Waals surface area contributed by atoms with E-state index in [9.17, 15) is 0 Å². The maximum Gasteiger partial charge on any atom is 0.0113 e. The molecule has 1 atom stereocenters. The molecule has 0 radical (unpaired) electrons. The van der Waals surface area contributed by atoms with Crippen LogP contribution in [0, 0.1) is 5.92 Å². The molecule has 0 aromatic rings. The van der Waals surface area contributed by atoms with Crippen LogP contribution in [0.5, 0.6) is 0 Å². The highest BCUT2D eigenvalue weighted by atomic mass is 15.3. The molecule has 23 heavy (non-hydrogen) atoms. The summed E-state index contributed by atoms with van der Waals surface area (Å²) in [6.45, 7) is 24.3. The molecule has 0 amide bonds. The summed E-state index contributed by atoms with van der Waals surface area (Å²) in [4.78, 5) is 10.6. The largest absolute Gasteiger partial charge is 0.301 e. The van der Waals surface area contributed by atoms with Crippen molar-refractivity contribution in [3.05, 3.63) is 0 Å². The van der Waals surface area contributed by atoms with E-state index >= 15 is 0 Å². The number of rotatable bonds is 7. The first-order valence-corrected chi connectivity index (χ1v) is 9.88. The lowest BCUT2D eigenvalue weighted by Gasteiger charge is -2.39. The van der Waals surface area contributed by atoms with Crippen molar-refractivity contribution in [2.45, 2.75) is 53.1 Å². The number of hydrogen-bond acceptors (Lipinski definition) is 4. The SMILES string of the molecule is CC(CCN1CCN(C(C)C)CC1)CN1CCN(C(C)C)CC1. The Morgan fingerprint density at radius 1 is 0.609 bits per heavy atom. The zero-order valence-electron chi connectivity index (χ0n) is 16.3. The van der Waals surface area contributed by atoms with Crippen molar-refractivity contribution in [3.8, 4) is 0 Å². The Kier molecular flexibility index (Phi) is 7.80. The average molecular weight is 325 g/mol. The zero-order chi connectivity index (χ0) is 16.8. The van der Waals surface area contributed by atoms with Gasteiger partial charge in [0.25, 0.3) is 0 Å². The van der Waals surface area contributed by atoms with Gasteiger partial charge in [-0.25, -0.2) is 0 Å². The monoisotopic (exact) mass is 324 g/mol. The number of piperazine rings is 2. The molecular weight excluding hydrogens is 284 g/mol. The molecule has 4 nitrogen and oxygen atoms in total. The molecule has 2 aliphatic heterocycles. The van der Waals surface area contributed by atoms with Gasteiger partial charge in [-0.2, -0.15) is 0 Å². The summed E-state index contributed by atoms with van der Waals surface area (Å²) in [7, 11) is 0. The smallest absolute Gasteiger partial charge is 0.0113 e. The van der Waals surface area contributed by atoms with Crippen LogP contribution < -0.4 is 0 Å². The van der Waals surface area contributed by atoms with E-state index in [0.717, 1.165) is 5.92 Å². The highest BCUT2D eigenvalue weighted by Crippen LogP contribution is 2.12. The van der Waals surface area contributed by atoms with Crippen molar-refractivity contribution in [2.75, 3.05) is 65.4 Å². The van der Waals surface area contributed by atoms with E-state index in [1.54, 1.807) is 0 Å². The molecule has 2 aliphatic rings. The fourth-order valence-electron chi connectivity index (χ4n) is 3.90. The van der Waals surface area contributed by atoms with Crippen LogP contribution in [-0.2, 0) is 0 Å². The maximum atomic E-state index is 2.68. The second-order valence-corrected chi connectivity index (χ2v) is 8.30.